The molecule has 0 spiro atoms. The van der Waals surface area contributed by atoms with E-state index in [9.17, 15) is 9.90 Å². The molecule has 2 rings (SSSR count). The summed E-state index contributed by atoms with van der Waals surface area (Å²) in [5.41, 5.74) is 0.902. The first-order valence-corrected chi connectivity index (χ1v) is 8.43. The predicted octanol–water partition coefficient (Wildman–Crippen LogP) is 1.89. The van der Waals surface area contributed by atoms with Gasteiger partial charge in [0.1, 0.15) is 5.82 Å². The van der Waals surface area contributed by atoms with Crippen LogP contribution in [0.1, 0.15) is 52.7 Å². The minimum atomic E-state index is -0.0549. The fourth-order valence-electron chi connectivity index (χ4n) is 3.12. The molecule has 0 radical (unpaired) electrons. The van der Waals surface area contributed by atoms with Crippen LogP contribution in [0.3, 0.4) is 0 Å². The molecule has 1 saturated heterocycles. The predicted molar refractivity (Wildman–Crippen MR) is 91.4 cm³/mol. The van der Waals surface area contributed by atoms with Crippen LogP contribution < -0.4 is 5.32 Å². The Bertz CT molecular complexity index is 547. The van der Waals surface area contributed by atoms with Crippen molar-refractivity contribution in [1.82, 2.24) is 14.7 Å². The summed E-state index contributed by atoms with van der Waals surface area (Å²) in [7, 11) is 1.84. The van der Waals surface area contributed by atoms with Gasteiger partial charge in [-0.2, -0.15) is 5.10 Å². The number of carbonyl (C=O) groups excluding carboxylic acids is 1. The summed E-state index contributed by atoms with van der Waals surface area (Å²) >= 11 is 0. The van der Waals surface area contributed by atoms with Crippen molar-refractivity contribution in [3.8, 4) is 0 Å². The molecular weight excluding hydrogens is 292 g/mol. The fourth-order valence-corrected chi connectivity index (χ4v) is 3.12. The highest BCUT2D eigenvalue weighted by molar-refractivity contribution is 5.91. The average molecular weight is 322 g/mol. The Hall–Kier alpha value is -1.40. The number of amides is 1. The Balaban J connectivity index is 2.03. The molecule has 0 saturated carbocycles. The lowest BCUT2D eigenvalue weighted by Gasteiger charge is -2.39. The smallest absolute Gasteiger partial charge is 0.239 e. The van der Waals surface area contributed by atoms with Crippen molar-refractivity contribution < 1.29 is 9.90 Å². The Kier molecular flexibility index (Phi) is 5.47. The summed E-state index contributed by atoms with van der Waals surface area (Å²) in [5.74, 6) is 0.658. The van der Waals surface area contributed by atoms with E-state index in [2.05, 4.69) is 43.0 Å². The molecule has 1 aliphatic heterocycles. The van der Waals surface area contributed by atoms with Gasteiger partial charge in [-0.3, -0.25) is 14.4 Å². The minimum Gasteiger partial charge on any atom is -0.395 e. The maximum absolute atomic E-state index is 12.4. The Morgan fingerprint density at radius 2 is 2.13 bits per heavy atom. The van der Waals surface area contributed by atoms with Gasteiger partial charge in [0.25, 0.3) is 0 Å². The first kappa shape index (κ1) is 17.9. The van der Waals surface area contributed by atoms with E-state index in [0.717, 1.165) is 25.0 Å². The summed E-state index contributed by atoms with van der Waals surface area (Å²) in [4.78, 5) is 14.5. The molecule has 6 nitrogen and oxygen atoms in total. The van der Waals surface area contributed by atoms with Crippen LogP contribution in [0.15, 0.2) is 6.07 Å². The second kappa shape index (κ2) is 7.01. The van der Waals surface area contributed by atoms with Crippen LogP contribution in [0, 0.1) is 0 Å². The Labute approximate surface area is 138 Å². The number of nitrogens with zero attached hydrogens (tertiary/aromatic N) is 3. The van der Waals surface area contributed by atoms with Crippen molar-refractivity contribution in [2.75, 3.05) is 18.5 Å². The van der Waals surface area contributed by atoms with Crippen LogP contribution in [0.4, 0.5) is 5.82 Å². The number of aliphatic hydroxyl groups is 1. The number of aryl methyl sites for hydroxylation is 1. The SMILES string of the molecule is CC1CCCC(CO)N1CC(=O)Nc1cc(C(C)(C)C)nn1C. The summed E-state index contributed by atoms with van der Waals surface area (Å²) in [6.07, 6.45) is 3.14. The van der Waals surface area contributed by atoms with E-state index >= 15 is 0 Å². The number of nitrogens with one attached hydrogen (secondary N) is 1. The van der Waals surface area contributed by atoms with Gasteiger partial charge in [0.05, 0.1) is 18.8 Å². The molecule has 0 bridgehead atoms. The molecule has 1 fully saturated rings. The van der Waals surface area contributed by atoms with Gasteiger partial charge in [-0.25, -0.2) is 0 Å². The molecule has 23 heavy (non-hydrogen) atoms. The maximum Gasteiger partial charge on any atom is 0.239 e. The third-order valence-electron chi connectivity index (χ3n) is 4.65. The number of likely N-dealkylation sites (tertiary alicyclic amines) is 1. The van der Waals surface area contributed by atoms with Crippen molar-refractivity contribution >= 4 is 11.7 Å². The van der Waals surface area contributed by atoms with Crippen LogP contribution in [0.25, 0.3) is 0 Å². The lowest BCUT2D eigenvalue weighted by molar-refractivity contribution is -0.119. The molecule has 2 atom stereocenters. The number of aromatic nitrogens is 2. The van der Waals surface area contributed by atoms with Gasteiger partial charge >= 0.3 is 0 Å². The highest BCUT2D eigenvalue weighted by Crippen LogP contribution is 2.24. The molecule has 0 aliphatic carbocycles. The zero-order valence-electron chi connectivity index (χ0n) is 15.0. The molecule has 1 aliphatic rings. The van der Waals surface area contributed by atoms with Gasteiger partial charge in [0, 0.05) is 30.6 Å². The second-order valence-corrected chi connectivity index (χ2v) is 7.63. The number of carbonyl (C=O) groups is 1. The number of anilines is 1. The number of hydrogen-bond donors (Lipinski definition) is 2. The van der Waals surface area contributed by atoms with Gasteiger partial charge in [-0.1, -0.05) is 27.2 Å². The van der Waals surface area contributed by atoms with E-state index < -0.39 is 0 Å². The van der Waals surface area contributed by atoms with E-state index in [0.29, 0.717) is 18.4 Å². The topological polar surface area (TPSA) is 70.4 Å². The lowest BCUT2D eigenvalue weighted by Crippen LogP contribution is -2.50. The number of piperidine rings is 1. The van der Waals surface area contributed by atoms with Crippen LogP contribution in [0.5, 0.6) is 0 Å². The van der Waals surface area contributed by atoms with E-state index in [-0.39, 0.29) is 24.0 Å². The molecule has 130 valence electrons. The molecule has 1 amide bonds. The summed E-state index contributed by atoms with van der Waals surface area (Å²) < 4.78 is 1.71. The van der Waals surface area contributed by atoms with Crippen molar-refractivity contribution in [2.24, 2.45) is 7.05 Å². The van der Waals surface area contributed by atoms with Crippen molar-refractivity contribution in [3.05, 3.63) is 11.8 Å². The summed E-state index contributed by atoms with van der Waals surface area (Å²) in [6, 6.07) is 2.34. The zero-order chi connectivity index (χ0) is 17.2. The molecule has 2 heterocycles. The third kappa shape index (κ3) is 4.32. The molecule has 1 aromatic rings. The van der Waals surface area contributed by atoms with E-state index in [1.165, 1.54) is 0 Å². The first-order chi connectivity index (χ1) is 10.7. The molecule has 6 heteroatoms. The largest absolute Gasteiger partial charge is 0.395 e. The molecule has 1 aromatic heterocycles. The van der Waals surface area contributed by atoms with Crippen molar-refractivity contribution in [2.45, 2.75) is 64.5 Å². The normalized spacial score (nSPS) is 23.0. The standard InChI is InChI=1S/C17H30N4O2/c1-12-7-6-8-13(11-22)21(12)10-16(23)18-15-9-14(17(2,3)4)19-20(15)5/h9,12-13,22H,6-8,10-11H2,1-5H3,(H,18,23). The van der Waals surface area contributed by atoms with E-state index in [1.807, 2.05) is 13.1 Å². The van der Waals surface area contributed by atoms with Crippen LogP contribution in [-0.2, 0) is 17.3 Å². The highest BCUT2D eigenvalue weighted by Gasteiger charge is 2.29. The number of hydrogen-bond acceptors (Lipinski definition) is 4. The van der Waals surface area contributed by atoms with Crippen molar-refractivity contribution in [1.29, 1.82) is 0 Å². The molecule has 2 unspecified atom stereocenters. The van der Waals surface area contributed by atoms with Gasteiger partial charge in [-0.15, -0.1) is 0 Å². The molecular formula is C17H30N4O2. The molecule has 2 N–H and O–H groups in total. The van der Waals surface area contributed by atoms with Crippen LogP contribution >= 0.6 is 0 Å². The van der Waals surface area contributed by atoms with E-state index in [4.69, 9.17) is 0 Å². The lowest BCUT2D eigenvalue weighted by atomic mass is 9.92. The van der Waals surface area contributed by atoms with Gasteiger partial charge in [-0.05, 0) is 19.8 Å². The minimum absolute atomic E-state index is 0.0515. The molecule has 0 aromatic carbocycles. The number of aliphatic hydroxyl groups excluding tert-OH is 1. The van der Waals surface area contributed by atoms with Gasteiger partial charge in [0.15, 0.2) is 0 Å². The van der Waals surface area contributed by atoms with Crippen LogP contribution in [0.2, 0.25) is 0 Å². The third-order valence-corrected chi connectivity index (χ3v) is 4.65. The average Bonchev–Trinajstić information content (AvgIpc) is 2.82. The number of rotatable bonds is 4. The van der Waals surface area contributed by atoms with Crippen LogP contribution in [-0.4, -0.2) is 50.9 Å². The van der Waals surface area contributed by atoms with Crippen molar-refractivity contribution in [3.63, 3.8) is 0 Å². The van der Waals surface area contributed by atoms with E-state index in [1.54, 1.807) is 4.68 Å². The monoisotopic (exact) mass is 322 g/mol. The zero-order valence-corrected chi connectivity index (χ0v) is 15.0. The summed E-state index contributed by atoms with van der Waals surface area (Å²) in [5, 5.41) is 17.0. The maximum atomic E-state index is 12.4. The highest BCUT2D eigenvalue weighted by atomic mass is 16.3. The summed E-state index contributed by atoms with van der Waals surface area (Å²) in [6.45, 7) is 8.84. The fraction of sp³-hybridized carbons (Fsp3) is 0.765. The quantitative estimate of drug-likeness (QED) is 0.888. The van der Waals surface area contributed by atoms with Gasteiger partial charge < -0.3 is 10.4 Å². The first-order valence-electron chi connectivity index (χ1n) is 8.43. The van der Waals surface area contributed by atoms with Gasteiger partial charge in [0.2, 0.25) is 5.91 Å². The second-order valence-electron chi connectivity index (χ2n) is 7.63. The Morgan fingerprint density at radius 3 is 2.70 bits per heavy atom. The Morgan fingerprint density at radius 1 is 1.43 bits per heavy atom.